The molecule has 1 aliphatic rings. The number of nitrogens with zero attached hydrogens (tertiary/aromatic N) is 2. The van der Waals surface area contributed by atoms with Gasteiger partial charge in [0, 0.05) is 11.5 Å². The quantitative estimate of drug-likeness (QED) is 0.679. The van der Waals surface area contributed by atoms with Gasteiger partial charge in [-0.1, -0.05) is 6.92 Å². The van der Waals surface area contributed by atoms with Crippen LogP contribution in [0.5, 0.6) is 0 Å². The lowest BCUT2D eigenvalue weighted by molar-refractivity contribution is -0.142. The molecular formula is C9H12F3N3. The zero-order valence-corrected chi connectivity index (χ0v) is 8.30. The van der Waals surface area contributed by atoms with Crippen LogP contribution in [0.3, 0.4) is 0 Å². The zero-order chi connectivity index (χ0) is 11.2. The maximum atomic E-state index is 12.6. The van der Waals surface area contributed by atoms with E-state index in [1.807, 2.05) is 6.92 Å². The molecule has 1 unspecified atom stereocenters. The number of hydrogen-bond acceptors (Lipinski definition) is 2. The summed E-state index contributed by atoms with van der Waals surface area (Å²) in [7, 11) is 0. The lowest BCUT2D eigenvalue weighted by Gasteiger charge is -2.19. The van der Waals surface area contributed by atoms with Gasteiger partial charge in [-0.15, -0.1) is 5.10 Å². The summed E-state index contributed by atoms with van der Waals surface area (Å²) in [5.74, 6) is 5.51. The van der Waals surface area contributed by atoms with Crippen molar-refractivity contribution in [3.63, 3.8) is 0 Å². The van der Waals surface area contributed by atoms with Gasteiger partial charge < -0.3 is 5.84 Å². The van der Waals surface area contributed by atoms with Crippen LogP contribution in [0, 0.1) is 0 Å². The number of halogens is 3. The van der Waals surface area contributed by atoms with E-state index in [2.05, 4.69) is 5.10 Å². The zero-order valence-electron chi connectivity index (χ0n) is 8.30. The van der Waals surface area contributed by atoms with Gasteiger partial charge in [-0.05, 0) is 19.3 Å². The van der Waals surface area contributed by atoms with E-state index < -0.39 is 11.9 Å². The van der Waals surface area contributed by atoms with Gasteiger partial charge in [0.15, 0.2) is 5.69 Å². The highest BCUT2D eigenvalue weighted by Crippen LogP contribution is 2.38. The fraction of sp³-hybridized carbons (Fsp3) is 0.667. The first-order valence-corrected chi connectivity index (χ1v) is 4.85. The SMILES string of the molecule is CC1CCCc2c(C(F)(F)F)nn(N)c21. The summed E-state index contributed by atoms with van der Waals surface area (Å²) in [6.07, 6.45) is -2.34. The molecule has 0 amide bonds. The molecule has 1 atom stereocenters. The van der Waals surface area contributed by atoms with E-state index in [4.69, 9.17) is 5.84 Å². The van der Waals surface area contributed by atoms with Crippen LogP contribution in [0.15, 0.2) is 0 Å². The molecular weight excluding hydrogens is 207 g/mol. The lowest BCUT2D eigenvalue weighted by atomic mass is 9.88. The Balaban J connectivity index is 2.56. The van der Waals surface area contributed by atoms with E-state index in [1.165, 1.54) is 0 Å². The number of hydrogen-bond donors (Lipinski definition) is 1. The smallest absolute Gasteiger partial charge is 0.323 e. The van der Waals surface area contributed by atoms with Crippen molar-refractivity contribution in [2.45, 2.75) is 38.3 Å². The van der Waals surface area contributed by atoms with Crippen LogP contribution in [-0.4, -0.2) is 9.89 Å². The summed E-state index contributed by atoms with van der Waals surface area (Å²) in [5.41, 5.74) is 0.00359. The molecule has 0 radical (unpaired) electrons. The van der Waals surface area contributed by atoms with Gasteiger partial charge in [-0.3, -0.25) is 0 Å². The number of alkyl halides is 3. The summed E-state index contributed by atoms with van der Waals surface area (Å²) >= 11 is 0. The van der Waals surface area contributed by atoms with Crippen LogP contribution in [0.4, 0.5) is 13.2 Å². The fourth-order valence-corrected chi connectivity index (χ4v) is 2.20. The highest BCUT2D eigenvalue weighted by atomic mass is 19.4. The number of nitrogen functional groups attached to an aromatic ring is 1. The minimum atomic E-state index is -4.40. The van der Waals surface area contributed by atoms with Crippen molar-refractivity contribution in [3.8, 4) is 0 Å². The highest BCUT2D eigenvalue weighted by Gasteiger charge is 2.40. The van der Waals surface area contributed by atoms with Gasteiger partial charge >= 0.3 is 6.18 Å². The van der Waals surface area contributed by atoms with Crippen LogP contribution in [0.1, 0.15) is 42.6 Å². The summed E-state index contributed by atoms with van der Waals surface area (Å²) < 4.78 is 37.8. The number of rotatable bonds is 0. The minimum Gasteiger partial charge on any atom is -0.323 e. The Kier molecular flexibility index (Phi) is 2.17. The second kappa shape index (κ2) is 3.15. The summed E-state index contributed by atoms with van der Waals surface area (Å²) in [5, 5.41) is 3.38. The van der Waals surface area contributed by atoms with E-state index in [9.17, 15) is 13.2 Å². The minimum absolute atomic E-state index is 0.0577. The molecule has 0 spiro atoms. The average molecular weight is 219 g/mol. The lowest BCUT2D eigenvalue weighted by Crippen LogP contribution is -2.18. The number of nitrogens with two attached hydrogens (primary N) is 1. The summed E-state index contributed by atoms with van der Waals surface area (Å²) in [6.45, 7) is 1.88. The predicted octanol–water partition coefficient (Wildman–Crippen LogP) is 2.06. The van der Waals surface area contributed by atoms with Gasteiger partial charge in [-0.25, -0.2) is 0 Å². The highest BCUT2D eigenvalue weighted by molar-refractivity contribution is 5.33. The number of fused-ring (bicyclic) bond motifs is 1. The van der Waals surface area contributed by atoms with Crippen molar-refractivity contribution in [1.82, 2.24) is 9.89 Å². The predicted molar refractivity (Wildman–Crippen MR) is 48.7 cm³/mol. The van der Waals surface area contributed by atoms with Crippen molar-refractivity contribution in [2.75, 3.05) is 5.84 Å². The van der Waals surface area contributed by atoms with Crippen molar-refractivity contribution in [2.24, 2.45) is 0 Å². The van der Waals surface area contributed by atoms with Crippen LogP contribution in [-0.2, 0) is 12.6 Å². The second-order valence-corrected chi connectivity index (χ2v) is 3.95. The Bertz CT molecular complexity index is 381. The third-order valence-electron chi connectivity index (χ3n) is 2.85. The summed E-state index contributed by atoms with van der Waals surface area (Å²) in [4.78, 5) is 0.891. The molecule has 1 heterocycles. The molecule has 1 aromatic heterocycles. The maximum Gasteiger partial charge on any atom is 0.435 e. The van der Waals surface area contributed by atoms with Gasteiger partial charge in [0.05, 0.1) is 5.69 Å². The van der Waals surface area contributed by atoms with E-state index in [0.29, 0.717) is 12.1 Å². The van der Waals surface area contributed by atoms with E-state index in [-0.39, 0.29) is 11.5 Å². The Hall–Kier alpha value is -1.20. The molecule has 0 fully saturated rings. The molecule has 3 nitrogen and oxygen atoms in total. The van der Waals surface area contributed by atoms with Crippen LogP contribution in [0.25, 0.3) is 0 Å². The molecule has 84 valence electrons. The molecule has 0 saturated heterocycles. The molecule has 2 rings (SSSR count). The van der Waals surface area contributed by atoms with E-state index in [0.717, 1.165) is 17.6 Å². The molecule has 0 aliphatic heterocycles. The Morgan fingerprint density at radius 2 is 2.13 bits per heavy atom. The first kappa shape index (κ1) is 10.3. The molecule has 0 bridgehead atoms. The van der Waals surface area contributed by atoms with Crippen LogP contribution >= 0.6 is 0 Å². The topological polar surface area (TPSA) is 43.8 Å². The van der Waals surface area contributed by atoms with Crippen LogP contribution < -0.4 is 5.84 Å². The van der Waals surface area contributed by atoms with Crippen molar-refractivity contribution in [3.05, 3.63) is 17.0 Å². The second-order valence-electron chi connectivity index (χ2n) is 3.95. The standard InChI is InChI=1S/C9H12F3N3/c1-5-3-2-4-6-7(5)15(13)14-8(6)9(10,11)12/h5H,2-4,13H2,1H3. The first-order valence-electron chi connectivity index (χ1n) is 4.85. The third kappa shape index (κ3) is 1.57. The van der Waals surface area contributed by atoms with Gasteiger partial charge in [-0.2, -0.15) is 18.0 Å². The van der Waals surface area contributed by atoms with Gasteiger partial charge in [0.2, 0.25) is 0 Å². The number of aromatic nitrogens is 2. The van der Waals surface area contributed by atoms with Crippen LogP contribution in [0.2, 0.25) is 0 Å². The largest absolute Gasteiger partial charge is 0.435 e. The Morgan fingerprint density at radius 3 is 2.73 bits per heavy atom. The molecule has 1 aliphatic carbocycles. The molecule has 6 heteroatoms. The van der Waals surface area contributed by atoms with Gasteiger partial charge in [0.1, 0.15) is 0 Å². The fourth-order valence-electron chi connectivity index (χ4n) is 2.20. The summed E-state index contributed by atoms with van der Waals surface area (Å²) in [6, 6.07) is 0. The maximum absolute atomic E-state index is 12.6. The van der Waals surface area contributed by atoms with Crippen molar-refractivity contribution >= 4 is 0 Å². The average Bonchev–Trinajstić information content (AvgIpc) is 2.44. The Labute approximate surface area is 85.0 Å². The monoisotopic (exact) mass is 219 g/mol. The van der Waals surface area contributed by atoms with E-state index >= 15 is 0 Å². The molecule has 2 N–H and O–H groups in total. The third-order valence-corrected chi connectivity index (χ3v) is 2.85. The Morgan fingerprint density at radius 1 is 1.47 bits per heavy atom. The van der Waals surface area contributed by atoms with Crippen molar-refractivity contribution < 1.29 is 13.2 Å². The van der Waals surface area contributed by atoms with E-state index in [1.54, 1.807) is 0 Å². The van der Waals surface area contributed by atoms with Gasteiger partial charge in [0.25, 0.3) is 0 Å². The van der Waals surface area contributed by atoms with Crippen molar-refractivity contribution in [1.29, 1.82) is 0 Å². The first-order chi connectivity index (χ1) is 6.91. The molecule has 1 aromatic rings. The molecule has 0 saturated carbocycles. The normalized spacial score (nSPS) is 21.5. The molecule has 15 heavy (non-hydrogen) atoms. The molecule has 0 aromatic carbocycles.